The molecule has 0 fully saturated rings. The Labute approximate surface area is 120 Å². The number of carbonyl (C=O) groups excluding carboxylic acids is 1. The summed E-state index contributed by atoms with van der Waals surface area (Å²) in [7, 11) is 0. The molecule has 1 aromatic carbocycles. The van der Waals surface area contributed by atoms with Crippen LogP contribution in [0, 0.1) is 17.0 Å². The molecule has 0 aliphatic heterocycles. The van der Waals surface area contributed by atoms with E-state index in [0.29, 0.717) is 5.82 Å². The second kappa shape index (κ2) is 6.08. The standard InChI is InChI=1S/C14H13N3O4/c1-3-21-14(18)11-8-15-9(2)16-13(11)10-6-4-5-7-12(10)17(19)20/h4-8H,3H2,1-2H3. The van der Waals surface area contributed by atoms with Crippen LogP contribution in [0.5, 0.6) is 0 Å². The van der Waals surface area contributed by atoms with E-state index in [4.69, 9.17) is 4.74 Å². The molecule has 1 heterocycles. The zero-order valence-corrected chi connectivity index (χ0v) is 11.6. The van der Waals surface area contributed by atoms with Crippen molar-refractivity contribution in [2.75, 3.05) is 6.61 Å². The molecule has 0 saturated heterocycles. The molecule has 1 aromatic heterocycles. The Morgan fingerprint density at radius 3 is 2.76 bits per heavy atom. The van der Waals surface area contributed by atoms with E-state index in [9.17, 15) is 14.9 Å². The van der Waals surface area contributed by atoms with Gasteiger partial charge in [0.2, 0.25) is 0 Å². The van der Waals surface area contributed by atoms with Crippen molar-refractivity contribution in [2.24, 2.45) is 0 Å². The van der Waals surface area contributed by atoms with E-state index >= 15 is 0 Å². The Morgan fingerprint density at radius 1 is 1.38 bits per heavy atom. The van der Waals surface area contributed by atoms with Crippen LogP contribution in [0.1, 0.15) is 23.1 Å². The van der Waals surface area contributed by atoms with Crippen molar-refractivity contribution in [3.05, 3.63) is 52.0 Å². The summed E-state index contributed by atoms with van der Waals surface area (Å²) in [6.45, 7) is 3.52. The fraction of sp³-hybridized carbons (Fsp3) is 0.214. The molecule has 2 aromatic rings. The van der Waals surface area contributed by atoms with Gasteiger partial charge in [-0.05, 0) is 19.9 Å². The van der Waals surface area contributed by atoms with Gasteiger partial charge in [-0.25, -0.2) is 14.8 Å². The molecule has 7 heteroatoms. The molecule has 0 bridgehead atoms. The summed E-state index contributed by atoms with van der Waals surface area (Å²) in [4.78, 5) is 30.7. The topological polar surface area (TPSA) is 95.2 Å². The Hall–Kier alpha value is -2.83. The van der Waals surface area contributed by atoms with E-state index in [1.54, 1.807) is 32.0 Å². The largest absolute Gasteiger partial charge is 0.462 e. The van der Waals surface area contributed by atoms with Gasteiger partial charge in [0, 0.05) is 12.3 Å². The second-order valence-electron chi connectivity index (χ2n) is 4.17. The zero-order chi connectivity index (χ0) is 15.4. The van der Waals surface area contributed by atoms with Crippen LogP contribution in [0.25, 0.3) is 11.3 Å². The summed E-state index contributed by atoms with van der Waals surface area (Å²) in [6, 6.07) is 6.11. The number of aryl methyl sites for hydroxylation is 1. The van der Waals surface area contributed by atoms with E-state index in [2.05, 4.69) is 9.97 Å². The third-order valence-corrected chi connectivity index (χ3v) is 2.76. The number of benzene rings is 1. The molecule has 0 aliphatic carbocycles. The van der Waals surface area contributed by atoms with Gasteiger partial charge < -0.3 is 4.74 Å². The number of nitro groups is 1. The second-order valence-corrected chi connectivity index (χ2v) is 4.17. The van der Waals surface area contributed by atoms with Crippen molar-refractivity contribution in [1.82, 2.24) is 9.97 Å². The zero-order valence-electron chi connectivity index (χ0n) is 11.6. The maximum Gasteiger partial charge on any atom is 0.341 e. The van der Waals surface area contributed by atoms with Gasteiger partial charge in [0.05, 0.1) is 22.8 Å². The maximum absolute atomic E-state index is 12.0. The molecule has 0 aliphatic rings. The lowest BCUT2D eigenvalue weighted by Crippen LogP contribution is -2.10. The minimum atomic E-state index is -0.606. The highest BCUT2D eigenvalue weighted by molar-refractivity contribution is 5.97. The van der Waals surface area contributed by atoms with Crippen LogP contribution in [0.4, 0.5) is 5.69 Å². The van der Waals surface area contributed by atoms with Gasteiger partial charge in [0.1, 0.15) is 11.4 Å². The molecule has 0 saturated carbocycles. The molecule has 7 nitrogen and oxygen atoms in total. The average molecular weight is 287 g/mol. The number of rotatable bonds is 4. The van der Waals surface area contributed by atoms with E-state index in [0.717, 1.165) is 0 Å². The van der Waals surface area contributed by atoms with Gasteiger partial charge in [-0.1, -0.05) is 12.1 Å². The minimum Gasteiger partial charge on any atom is -0.462 e. The van der Waals surface area contributed by atoms with Crippen molar-refractivity contribution in [1.29, 1.82) is 0 Å². The summed E-state index contributed by atoms with van der Waals surface area (Å²) >= 11 is 0. The number of carbonyl (C=O) groups is 1. The summed E-state index contributed by atoms with van der Waals surface area (Å²) in [5.41, 5.74) is 0.446. The lowest BCUT2D eigenvalue weighted by molar-refractivity contribution is -0.384. The lowest BCUT2D eigenvalue weighted by atomic mass is 10.1. The number of ether oxygens (including phenoxy) is 1. The van der Waals surface area contributed by atoms with Crippen molar-refractivity contribution < 1.29 is 14.5 Å². The number of aromatic nitrogens is 2. The van der Waals surface area contributed by atoms with Crippen LogP contribution in [0.3, 0.4) is 0 Å². The highest BCUT2D eigenvalue weighted by atomic mass is 16.6. The quantitative estimate of drug-likeness (QED) is 0.487. The normalized spacial score (nSPS) is 10.2. The lowest BCUT2D eigenvalue weighted by Gasteiger charge is -2.09. The van der Waals surface area contributed by atoms with Crippen LogP contribution < -0.4 is 0 Å². The molecule has 0 spiro atoms. The van der Waals surface area contributed by atoms with Gasteiger partial charge in [0.25, 0.3) is 5.69 Å². The first-order valence-corrected chi connectivity index (χ1v) is 6.29. The van der Waals surface area contributed by atoms with Crippen LogP contribution in [-0.2, 0) is 4.74 Å². The number of esters is 1. The summed E-state index contributed by atoms with van der Waals surface area (Å²) in [5, 5.41) is 11.1. The first-order valence-electron chi connectivity index (χ1n) is 6.29. The first kappa shape index (κ1) is 14.6. The molecular weight excluding hydrogens is 274 g/mol. The fourth-order valence-electron chi connectivity index (χ4n) is 1.87. The van der Waals surface area contributed by atoms with Gasteiger partial charge >= 0.3 is 5.97 Å². The van der Waals surface area contributed by atoms with E-state index in [1.165, 1.54) is 12.3 Å². The predicted molar refractivity (Wildman–Crippen MR) is 74.8 cm³/mol. The smallest absolute Gasteiger partial charge is 0.341 e. The highest BCUT2D eigenvalue weighted by Crippen LogP contribution is 2.30. The molecule has 21 heavy (non-hydrogen) atoms. The van der Waals surface area contributed by atoms with Crippen LogP contribution in [-0.4, -0.2) is 27.5 Å². The number of nitrogens with zero attached hydrogens (tertiary/aromatic N) is 3. The fourth-order valence-corrected chi connectivity index (χ4v) is 1.87. The predicted octanol–water partition coefficient (Wildman–Crippen LogP) is 2.54. The molecule has 0 amide bonds. The van der Waals surface area contributed by atoms with E-state index in [1.807, 2.05) is 0 Å². The Bertz CT molecular complexity index is 700. The Morgan fingerprint density at radius 2 is 2.10 bits per heavy atom. The third-order valence-electron chi connectivity index (χ3n) is 2.76. The number of hydrogen-bond donors (Lipinski definition) is 0. The van der Waals surface area contributed by atoms with Gasteiger partial charge in [-0.15, -0.1) is 0 Å². The minimum absolute atomic E-state index is 0.108. The van der Waals surface area contributed by atoms with Crippen LogP contribution >= 0.6 is 0 Å². The first-order chi connectivity index (χ1) is 10.0. The maximum atomic E-state index is 12.0. The van der Waals surface area contributed by atoms with Crippen molar-refractivity contribution in [3.8, 4) is 11.3 Å². The van der Waals surface area contributed by atoms with Crippen molar-refractivity contribution in [3.63, 3.8) is 0 Å². The summed E-state index contributed by atoms with van der Waals surface area (Å²) in [5.74, 6) is -0.193. The van der Waals surface area contributed by atoms with Crippen LogP contribution in [0.2, 0.25) is 0 Å². The number of nitro benzene ring substituents is 1. The molecular formula is C14H13N3O4. The molecule has 0 unspecified atom stereocenters. The average Bonchev–Trinajstić information content (AvgIpc) is 2.47. The highest BCUT2D eigenvalue weighted by Gasteiger charge is 2.22. The molecule has 0 radical (unpaired) electrons. The number of para-hydroxylation sites is 1. The Balaban J connectivity index is 2.66. The SMILES string of the molecule is CCOC(=O)c1cnc(C)nc1-c1ccccc1[N+](=O)[O-]. The summed E-state index contributed by atoms with van der Waals surface area (Å²) < 4.78 is 4.94. The molecule has 2 rings (SSSR count). The van der Waals surface area contributed by atoms with Crippen molar-refractivity contribution >= 4 is 11.7 Å². The molecule has 108 valence electrons. The molecule has 0 atom stereocenters. The number of hydrogen-bond acceptors (Lipinski definition) is 6. The van der Waals surface area contributed by atoms with Gasteiger partial charge in [0.15, 0.2) is 0 Å². The summed E-state index contributed by atoms with van der Waals surface area (Å²) in [6.07, 6.45) is 1.33. The van der Waals surface area contributed by atoms with Crippen LogP contribution in [0.15, 0.2) is 30.5 Å². The van der Waals surface area contributed by atoms with Crippen molar-refractivity contribution in [2.45, 2.75) is 13.8 Å². The third kappa shape index (κ3) is 3.02. The van der Waals surface area contributed by atoms with Gasteiger partial charge in [-0.3, -0.25) is 10.1 Å². The van der Waals surface area contributed by atoms with E-state index in [-0.39, 0.29) is 29.1 Å². The monoisotopic (exact) mass is 287 g/mol. The molecule has 0 N–H and O–H groups in total. The van der Waals surface area contributed by atoms with Gasteiger partial charge in [-0.2, -0.15) is 0 Å². The van der Waals surface area contributed by atoms with E-state index < -0.39 is 10.9 Å². The Kier molecular flexibility index (Phi) is 4.22.